The lowest BCUT2D eigenvalue weighted by molar-refractivity contribution is -0.0721. The van der Waals surface area contributed by atoms with Crippen LogP contribution in [0, 0.1) is 6.92 Å². The topological polar surface area (TPSA) is 34.6 Å². The van der Waals surface area contributed by atoms with Crippen molar-refractivity contribution in [3.05, 3.63) is 28.7 Å². The molecule has 0 spiro atoms. The normalized spacial score (nSPS) is 30.4. The molecular weight excluding hydrogens is 272 g/mol. The maximum Gasteiger partial charge on any atom is 0.100 e. The minimum atomic E-state index is 0.173. The number of nitrogens with zero attached hydrogens (tertiary/aromatic N) is 2. The first-order chi connectivity index (χ1) is 9.79. The number of fused-ring (bicyclic) bond motifs is 1. The van der Waals surface area contributed by atoms with E-state index in [4.69, 9.17) is 9.47 Å². The Balaban J connectivity index is 1.70. The Labute approximate surface area is 124 Å². The van der Waals surface area contributed by atoms with Gasteiger partial charge in [-0.05, 0) is 19.8 Å². The first-order valence-corrected chi connectivity index (χ1v) is 8.14. The average Bonchev–Trinajstić information content (AvgIpc) is 3.02. The quantitative estimate of drug-likeness (QED) is 0.781. The van der Waals surface area contributed by atoms with E-state index in [1.165, 1.54) is 11.3 Å². The fraction of sp³-hybridized carbons (Fsp3) is 0.667. The summed E-state index contributed by atoms with van der Waals surface area (Å²) >= 11 is 1.74. The second-order valence-corrected chi connectivity index (χ2v) is 6.44. The standard InChI is InChI=1S/C15H22N2O2S/c1-3-6-18-13-8-17(9-14-11(2)16-10-20-14)12-5-4-7-19-15(12)13/h3,10,12-13,15H,1,4-9H2,2H3/t12-,13-,15+/m1/s1. The van der Waals surface area contributed by atoms with Crippen molar-refractivity contribution < 1.29 is 9.47 Å². The molecule has 0 radical (unpaired) electrons. The molecule has 0 bridgehead atoms. The first kappa shape index (κ1) is 14.2. The van der Waals surface area contributed by atoms with Gasteiger partial charge in [0.25, 0.3) is 0 Å². The van der Waals surface area contributed by atoms with Gasteiger partial charge >= 0.3 is 0 Å². The highest BCUT2D eigenvalue weighted by Gasteiger charge is 2.44. The van der Waals surface area contributed by atoms with Crippen LogP contribution in [-0.2, 0) is 16.0 Å². The third kappa shape index (κ3) is 2.81. The molecule has 0 amide bonds. The predicted octanol–water partition coefficient (Wildman–Crippen LogP) is 2.39. The van der Waals surface area contributed by atoms with Gasteiger partial charge in [0.15, 0.2) is 0 Å². The highest BCUT2D eigenvalue weighted by atomic mass is 32.1. The highest BCUT2D eigenvalue weighted by Crippen LogP contribution is 2.32. The number of hydrogen-bond acceptors (Lipinski definition) is 5. The van der Waals surface area contributed by atoms with Crippen LogP contribution in [0.4, 0.5) is 0 Å². The summed E-state index contributed by atoms with van der Waals surface area (Å²) in [7, 11) is 0. The van der Waals surface area contributed by atoms with Crippen LogP contribution in [0.1, 0.15) is 23.4 Å². The molecule has 5 heteroatoms. The molecule has 0 aromatic carbocycles. The van der Waals surface area contributed by atoms with E-state index in [-0.39, 0.29) is 12.2 Å². The summed E-state index contributed by atoms with van der Waals surface area (Å²) in [6.07, 6.45) is 4.56. The monoisotopic (exact) mass is 294 g/mol. The minimum Gasteiger partial charge on any atom is -0.374 e. The molecule has 0 unspecified atom stereocenters. The number of hydrogen-bond donors (Lipinski definition) is 0. The van der Waals surface area contributed by atoms with Crippen molar-refractivity contribution in [1.82, 2.24) is 9.88 Å². The van der Waals surface area contributed by atoms with Crippen molar-refractivity contribution >= 4 is 11.3 Å². The molecule has 2 saturated heterocycles. The molecule has 1 aromatic rings. The van der Waals surface area contributed by atoms with Crippen molar-refractivity contribution in [1.29, 1.82) is 0 Å². The number of ether oxygens (including phenoxy) is 2. The van der Waals surface area contributed by atoms with E-state index < -0.39 is 0 Å². The number of aryl methyl sites for hydroxylation is 1. The maximum absolute atomic E-state index is 5.98. The molecule has 1 aromatic heterocycles. The van der Waals surface area contributed by atoms with Gasteiger partial charge in [-0.3, -0.25) is 4.90 Å². The molecule has 20 heavy (non-hydrogen) atoms. The van der Waals surface area contributed by atoms with E-state index in [9.17, 15) is 0 Å². The Morgan fingerprint density at radius 2 is 2.55 bits per heavy atom. The lowest BCUT2D eigenvalue weighted by Crippen LogP contribution is -2.41. The van der Waals surface area contributed by atoms with Gasteiger partial charge in [0, 0.05) is 30.6 Å². The van der Waals surface area contributed by atoms with Crippen LogP contribution in [0.5, 0.6) is 0 Å². The van der Waals surface area contributed by atoms with Crippen LogP contribution in [0.3, 0.4) is 0 Å². The lowest BCUT2D eigenvalue weighted by atomic mass is 10.0. The summed E-state index contributed by atoms with van der Waals surface area (Å²) in [5.74, 6) is 0. The van der Waals surface area contributed by atoms with E-state index >= 15 is 0 Å². The van der Waals surface area contributed by atoms with Gasteiger partial charge in [-0.1, -0.05) is 6.08 Å². The molecule has 4 nitrogen and oxygen atoms in total. The molecule has 3 heterocycles. The molecule has 3 rings (SSSR count). The molecule has 2 aliphatic rings. The lowest BCUT2D eigenvalue weighted by Gasteiger charge is -2.32. The van der Waals surface area contributed by atoms with Crippen molar-refractivity contribution in [2.45, 2.75) is 44.6 Å². The van der Waals surface area contributed by atoms with Gasteiger partial charge in [-0.25, -0.2) is 4.98 Å². The predicted molar refractivity (Wildman–Crippen MR) is 80.0 cm³/mol. The summed E-state index contributed by atoms with van der Waals surface area (Å²) in [6, 6.07) is 0.486. The Morgan fingerprint density at radius 3 is 3.30 bits per heavy atom. The fourth-order valence-corrected chi connectivity index (χ4v) is 3.99. The van der Waals surface area contributed by atoms with Gasteiger partial charge in [-0.15, -0.1) is 17.9 Å². The third-order valence-corrected chi connectivity index (χ3v) is 5.12. The number of thiazole rings is 1. The zero-order chi connectivity index (χ0) is 13.9. The Kier molecular flexibility index (Phi) is 4.51. The Morgan fingerprint density at radius 1 is 1.65 bits per heavy atom. The molecule has 110 valence electrons. The van der Waals surface area contributed by atoms with Crippen LogP contribution in [0.2, 0.25) is 0 Å². The van der Waals surface area contributed by atoms with Crippen LogP contribution in [0.25, 0.3) is 0 Å². The van der Waals surface area contributed by atoms with Gasteiger partial charge in [0.2, 0.25) is 0 Å². The van der Waals surface area contributed by atoms with Gasteiger partial charge < -0.3 is 9.47 Å². The highest BCUT2D eigenvalue weighted by molar-refractivity contribution is 7.09. The molecule has 3 atom stereocenters. The zero-order valence-electron chi connectivity index (χ0n) is 12.0. The first-order valence-electron chi connectivity index (χ1n) is 7.26. The number of rotatable bonds is 5. The van der Waals surface area contributed by atoms with Crippen molar-refractivity contribution in [3.63, 3.8) is 0 Å². The molecule has 2 aliphatic heterocycles. The Hall–Kier alpha value is -0.750. The van der Waals surface area contributed by atoms with Gasteiger partial charge in [0.05, 0.1) is 23.9 Å². The molecule has 2 fully saturated rings. The number of aromatic nitrogens is 1. The average molecular weight is 294 g/mol. The van der Waals surface area contributed by atoms with Gasteiger partial charge in [-0.2, -0.15) is 0 Å². The van der Waals surface area contributed by atoms with Crippen LogP contribution >= 0.6 is 11.3 Å². The van der Waals surface area contributed by atoms with E-state index in [2.05, 4.69) is 23.4 Å². The van der Waals surface area contributed by atoms with Crippen LogP contribution < -0.4 is 0 Å². The van der Waals surface area contributed by atoms with Crippen molar-refractivity contribution in [2.24, 2.45) is 0 Å². The molecule has 0 saturated carbocycles. The van der Waals surface area contributed by atoms with E-state index in [0.717, 1.165) is 31.8 Å². The van der Waals surface area contributed by atoms with Crippen LogP contribution in [0.15, 0.2) is 18.2 Å². The summed E-state index contributed by atoms with van der Waals surface area (Å²) < 4.78 is 11.9. The van der Waals surface area contributed by atoms with Gasteiger partial charge in [0.1, 0.15) is 6.10 Å². The zero-order valence-corrected chi connectivity index (χ0v) is 12.8. The third-order valence-electron chi connectivity index (χ3n) is 4.20. The summed E-state index contributed by atoms with van der Waals surface area (Å²) in [5.41, 5.74) is 3.08. The molecule has 0 N–H and O–H groups in total. The maximum atomic E-state index is 5.98. The van der Waals surface area contributed by atoms with Crippen LogP contribution in [-0.4, -0.2) is 47.9 Å². The van der Waals surface area contributed by atoms with E-state index in [1.54, 1.807) is 11.3 Å². The summed E-state index contributed by atoms with van der Waals surface area (Å²) in [6.45, 7) is 9.19. The SMILES string of the molecule is C=CCO[C@@H]1CN(Cc2scnc2C)[C@@H]2CCCO[C@@H]21. The van der Waals surface area contributed by atoms with E-state index in [0.29, 0.717) is 12.6 Å². The minimum absolute atomic E-state index is 0.173. The van der Waals surface area contributed by atoms with E-state index in [1.807, 2.05) is 11.6 Å². The fourth-order valence-electron chi connectivity index (χ4n) is 3.19. The van der Waals surface area contributed by atoms with Crippen molar-refractivity contribution in [3.8, 4) is 0 Å². The molecular formula is C15H22N2O2S. The van der Waals surface area contributed by atoms with Crippen molar-refractivity contribution in [2.75, 3.05) is 19.8 Å². The number of likely N-dealkylation sites (tertiary alicyclic amines) is 1. The second-order valence-electron chi connectivity index (χ2n) is 5.50. The summed E-state index contributed by atoms with van der Waals surface area (Å²) in [4.78, 5) is 8.22. The molecule has 0 aliphatic carbocycles. The largest absolute Gasteiger partial charge is 0.374 e. The summed E-state index contributed by atoms with van der Waals surface area (Å²) in [5, 5.41) is 0. The Bertz CT molecular complexity index is 462. The second kappa shape index (κ2) is 6.35. The smallest absolute Gasteiger partial charge is 0.100 e.